The van der Waals surface area contributed by atoms with E-state index in [1.807, 2.05) is 30.6 Å². The minimum atomic E-state index is -0.154. The first kappa shape index (κ1) is 8.73. The second kappa shape index (κ2) is 3.48. The van der Waals surface area contributed by atoms with Gasteiger partial charge in [-0.1, -0.05) is 0 Å². The molecule has 0 bridgehead atoms. The van der Waals surface area contributed by atoms with Crippen LogP contribution in [0.5, 0.6) is 0 Å². The van der Waals surface area contributed by atoms with Crippen molar-refractivity contribution in [2.45, 2.75) is 0 Å². The van der Waals surface area contributed by atoms with Gasteiger partial charge in [0.05, 0.1) is 0 Å². The molecule has 2 rings (SSSR count). The van der Waals surface area contributed by atoms with Gasteiger partial charge in [0, 0.05) is 0 Å². The van der Waals surface area contributed by atoms with Gasteiger partial charge in [0.15, 0.2) is 0 Å². The van der Waals surface area contributed by atoms with Crippen molar-refractivity contribution in [3.63, 3.8) is 0 Å². The van der Waals surface area contributed by atoms with E-state index in [1.165, 1.54) is 0 Å². The van der Waals surface area contributed by atoms with Gasteiger partial charge >= 0.3 is 87.5 Å². The number of rotatable bonds is 1. The quantitative estimate of drug-likeness (QED) is 0.629. The molecule has 0 fully saturated rings. The Morgan fingerprint density at radius 1 is 1.08 bits per heavy atom. The van der Waals surface area contributed by atoms with E-state index in [-0.39, 0.29) is 5.82 Å². The van der Waals surface area contributed by atoms with Gasteiger partial charge in [0.25, 0.3) is 0 Å². The predicted octanol–water partition coefficient (Wildman–Crippen LogP) is 1.79. The zero-order valence-corrected chi connectivity index (χ0v) is 8.43. The van der Waals surface area contributed by atoms with Crippen LogP contribution in [0.1, 0.15) is 0 Å². The second-order valence-corrected chi connectivity index (χ2v) is 3.57. The van der Waals surface area contributed by atoms with Crippen LogP contribution in [0.2, 0.25) is 0 Å². The summed E-state index contributed by atoms with van der Waals surface area (Å²) in [6.45, 7) is 0. The second-order valence-electron chi connectivity index (χ2n) is 2.73. The summed E-state index contributed by atoms with van der Waals surface area (Å²) < 4.78 is 16.0. The molecule has 0 atom stereocenters. The van der Waals surface area contributed by atoms with Crippen LogP contribution in [0, 0.1) is 5.82 Å². The number of benzene rings is 1. The summed E-state index contributed by atoms with van der Waals surface area (Å²) in [6, 6.07) is 9.14. The summed E-state index contributed by atoms with van der Waals surface area (Å²) in [7, 11) is 0. The average molecular weight is 208 g/mol. The van der Waals surface area contributed by atoms with Crippen LogP contribution in [0.25, 0.3) is 5.69 Å². The molecule has 1 aromatic heterocycles. The molecule has 0 amide bonds. The Kier molecular flexibility index (Phi) is 2.34. The third-order valence-corrected chi connectivity index (χ3v) is 2.46. The molecular formula is C10H7FNTi. The summed E-state index contributed by atoms with van der Waals surface area (Å²) in [5.41, 5.74) is 0.602. The third-order valence-electron chi connectivity index (χ3n) is 1.86. The third kappa shape index (κ3) is 1.60. The van der Waals surface area contributed by atoms with Crippen molar-refractivity contribution in [2.24, 2.45) is 0 Å². The minimum absolute atomic E-state index is 0.154. The van der Waals surface area contributed by atoms with Crippen LogP contribution in [0.4, 0.5) is 4.39 Å². The van der Waals surface area contributed by atoms with E-state index >= 15 is 0 Å². The van der Waals surface area contributed by atoms with Crippen LogP contribution in [-0.4, -0.2) is 4.57 Å². The number of halogens is 1. The molecule has 0 N–H and O–H groups in total. The fourth-order valence-electron chi connectivity index (χ4n) is 1.21. The van der Waals surface area contributed by atoms with Crippen LogP contribution in [-0.2, 0) is 20.4 Å². The predicted molar refractivity (Wildman–Crippen MR) is 45.4 cm³/mol. The van der Waals surface area contributed by atoms with E-state index in [0.717, 1.165) is 0 Å². The maximum atomic E-state index is 13.5. The fourth-order valence-corrected chi connectivity index (χ4v) is 1.56. The van der Waals surface area contributed by atoms with Crippen molar-refractivity contribution < 1.29 is 24.8 Å². The number of aromatic nitrogens is 1. The van der Waals surface area contributed by atoms with Gasteiger partial charge < -0.3 is 0 Å². The Hall–Kier alpha value is -0.856. The standard InChI is InChI=1S/C10H7FN.Ti/c11-9-5-1-2-6-10(9)12-7-3-4-8-12;/h1-4,6-8H;. The zero-order valence-electron chi connectivity index (χ0n) is 6.87. The van der Waals surface area contributed by atoms with Gasteiger partial charge in [-0.3, -0.25) is 0 Å². The van der Waals surface area contributed by atoms with E-state index in [0.29, 0.717) is 9.56 Å². The summed E-state index contributed by atoms with van der Waals surface area (Å²) in [4.78, 5) is 0. The Balaban J connectivity index is 2.59. The van der Waals surface area contributed by atoms with Crippen molar-refractivity contribution in [1.82, 2.24) is 4.57 Å². The molecule has 1 nitrogen and oxygen atoms in total. The average Bonchev–Trinajstić information content (AvgIpc) is 2.62. The number of nitrogens with zero attached hydrogens (tertiary/aromatic N) is 1. The van der Waals surface area contributed by atoms with E-state index in [9.17, 15) is 4.39 Å². The first-order valence-electron chi connectivity index (χ1n) is 3.92. The summed E-state index contributed by atoms with van der Waals surface area (Å²) in [5.74, 6) is -0.154. The molecular weight excluding hydrogens is 201 g/mol. The molecule has 63 valence electrons. The van der Waals surface area contributed by atoms with Gasteiger partial charge in [-0.05, 0) is 0 Å². The molecule has 2 aromatic rings. The summed E-state index contributed by atoms with van der Waals surface area (Å²) in [6.07, 6.45) is 3.66. The van der Waals surface area contributed by atoms with Crippen LogP contribution < -0.4 is 3.87 Å². The van der Waals surface area contributed by atoms with Crippen molar-refractivity contribution in [2.75, 3.05) is 0 Å². The molecule has 0 aliphatic carbocycles. The van der Waals surface area contributed by atoms with Gasteiger partial charge in [-0.15, -0.1) is 0 Å². The molecule has 0 spiro atoms. The van der Waals surface area contributed by atoms with Gasteiger partial charge in [0.1, 0.15) is 0 Å². The molecule has 1 heterocycles. The normalized spacial score (nSPS) is 10.2. The Bertz CT molecular complexity index is 409. The van der Waals surface area contributed by atoms with Crippen LogP contribution >= 0.6 is 0 Å². The Morgan fingerprint density at radius 2 is 1.77 bits per heavy atom. The zero-order chi connectivity index (χ0) is 9.26. The number of hydrogen-bond acceptors (Lipinski definition) is 0. The van der Waals surface area contributed by atoms with E-state index in [4.69, 9.17) is 0 Å². The van der Waals surface area contributed by atoms with Crippen LogP contribution in [0.3, 0.4) is 0 Å². The monoisotopic (exact) mass is 208 g/mol. The van der Waals surface area contributed by atoms with Gasteiger partial charge in [-0.2, -0.15) is 0 Å². The van der Waals surface area contributed by atoms with Crippen molar-refractivity contribution >= 4 is 3.87 Å². The molecule has 3 heteroatoms. The van der Waals surface area contributed by atoms with Gasteiger partial charge in [-0.25, -0.2) is 0 Å². The first-order valence-corrected chi connectivity index (χ1v) is 4.70. The molecule has 0 unspecified atom stereocenters. The number of hydrogen-bond donors (Lipinski definition) is 0. The molecule has 0 radical (unpaired) electrons. The summed E-state index contributed by atoms with van der Waals surface area (Å²) >= 11 is 1.77. The maximum absolute atomic E-state index is 13.5. The molecule has 0 saturated heterocycles. The molecule has 0 aliphatic heterocycles. The van der Waals surface area contributed by atoms with Crippen molar-refractivity contribution in [3.8, 4) is 5.69 Å². The van der Waals surface area contributed by atoms with E-state index < -0.39 is 0 Å². The van der Waals surface area contributed by atoms with Crippen LogP contribution in [0.15, 0.2) is 42.7 Å². The van der Waals surface area contributed by atoms with E-state index in [2.05, 4.69) is 0 Å². The topological polar surface area (TPSA) is 4.93 Å². The fraction of sp³-hybridized carbons (Fsp3) is 0. The first-order chi connectivity index (χ1) is 6.29. The van der Waals surface area contributed by atoms with Crippen molar-refractivity contribution in [1.29, 1.82) is 0 Å². The summed E-state index contributed by atoms with van der Waals surface area (Å²) in [5, 5.41) is 0. The Morgan fingerprint density at radius 3 is 2.46 bits per heavy atom. The van der Waals surface area contributed by atoms with Crippen molar-refractivity contribution in [3.05, 3.63) is 48.5 Å². The van der Waals surface area contributed by atoms with E-state index in [1.54, 1.807) is 37.1 Å². The molecule has 0 saturated carbocycles. The molecule has 1 aromatic carbocycles. The molecule has 0 aliphatic rings. The molecule has 13 heavy (non-hydrogen) atoms. The Labute approximate surface area is 87.6 Å². The SMILES string of the molecule is Fc1[c]([Ti])cccc1-n1cccc1. The van der Waals surface area contributed by atoms with Gasteiger partial charge in [0.2, 0.25) is 0 Å².